The van der Waals surface area contributed by atoms with Crippen LogP contribution in [0.3, 0.4) is 0 Å². The van der Waals surface area contributed by atoms with Crippen molar-refractivity contribution in [2.24, 2.45) is 0 Å². The van der Waals surface area contributed by atoms with Crippen molar-refractivity contribution in [1.29, 1.82) is 0 Å². The van der Waals surface area contributed by atoms with Gasteiger partial charge in [-0.1, -0.05) is 18.2 Å². The van der Waals surface area contributed by atoms with Gasteiger partial charge in [0.1, 0.15) is 0 Å². The molecule has 1 fully saturated rings. The van der Waals surface area contributed by atoms with Gasteiger partial charge in [-0.15, -0.1) is 0 Å². The summed E-state index contributed by atoms with van der Waals surface area (Å²) >= 11 is 0. The number of β-amino-alcohol motifs (C(OH)–C–C–N with tert-alkyl or cyclic N) is 1. The van der Waals surface area contributed by atoms with Crippen LogP contribution in [0.15, 0.2) is 24.3 Å². The van der Waals surface area contributed by atoms with Gasteiger partial charge in [0.05, 0.1) is 18.2 Å². The Bertz CT molecular complexity index is 476. The normalized spacial score (nSPS) is 19.7. The van der Waals surface area contributed by atoms with E-state index in [1.807, 2.05) is 0 Å². The number of hydrogen-bond donors (Lipinski definition) is 2. The van der Waals surface area contributed by atoms with E-state index in [0.29, 0.717) is 0 Å². The topological polar surface area (TPSA) is 52.6 Å². The van der Waals surface area contributed by atoms with Crippen molar-refractivity contribution in [1.82, 2.24) is 10.2 Å². The fraction of sp³-hybridized carbons (Fsp3) is 0.417. The van der Waals surface area contributed by atoms with Crippen molar-refractivity contribution in [3.63, 3.8) is 0 Å². The van der Waals surface area contributed by atoms with Crippen LogP contribution in [0.4, 0.5) is 18.0 Å². The summed E-state index contributed by atoms with van der Waals surface area (Å²) in [6.07, 6.45) is -4.45. The van der Waals surface area contributed by atoms with Crippen LogP contribution in [-0.4, -0.2) is 35.7 Å². The first-order valence-electron chi connectivity index (χ1n) is 5.76. The van der Waals surface area contributed by atoms with Crippen molar-refractivity contribution in [3.8, 4) is 0 Å². The average Bonchev–Trinajstić information content (AvgIpc) is 2.70. The third-order valence-electron chi connectivity index (χ3n) is 3.00. The van der Waals surface area contributed by atoms with E-state index in [-0.39, 0.29) is 25.3 Å². The quantitative estimate of drug-likeness (QED) is 0.882. The largest absolute Gasteiger partial charge is 0.416 e. The zero-order valence-corrected chi connectivity index (χ0v) is 9.94. The molecule has 0 saturated carbocycles. The van der Waals surface area contributed by atoms with Crippen molar-refractivity contribution in [2.45, 2.75) is 12.2 Å². The van der Waals surface area contributed by atoms with Crippen LogP contribution in [-0.2, 0) is 6.18 Å². The minimum Gasteiger partial charge on any atom is -0.395 e. The number of carbonyl (C=O) groups is 1. The maximum Gasteiger partial charge on any atom is 0.416 e. The van der Waals surface area contributed by atoms with Crippen LogP contribution < -0.4 is 5.32 Å². The van der Waals surface area contributed by atoms with E-state index in [1.165, 1.54) is 23.1 Å². The van der Waals surface area contributed by atoms with E-state index >= 15 is 0 Å². The highest BCUT2D eigenvalue weighted by molar-refractivity contribution is 5.77. The number of rotatable bonds is 3. The van der Waals surface area contributed by atoms with Gasteiger partial charge in [-0.05, 0) is 11.6 Å². The van der Waals surface area contributed by atoms with Crippen molar-refractivity contribution >= 4 is 6.03 Å². The molecular formula is C12H13F3N2O2. The summed E-state index contributed by atoms with van der Waals surface area (Å²) in [6, 6.07) is 4.00. The molecule has 7 heteroatoms. The number of amides is 2. The molecule has 1 aromatic carbocycles. The molecule has 1 atom stereocenters. The zero-order chi connectivity index (χ0) is 14.0. The van der Waals surface area contributed by atoms with Gasteiger partial charge in [0.15, 0.2) is 0 Å². The molecule has 0 radical (unpaired) electrons. The second-order valence-electron chi connectivity index (χ2n) is 4.26. The molecule has 0 aliphatic carbocycles. The summed E-state index contributed by atoms with van der Waals surface area (Å²) < 4.78 is 38.6. The van der Waals surface area contributed by atoms with Crippen molar-refractivity contribution < 1.29 is 23.1 Å². The summed E-state index contributed by atoms with van der Waals surface area (Å²) in [6.45, 7) is 0.00403. The highest BCUT2D eigenvalue weighted by atomic mass is 19.4. The third kappa shape index (κ3) is 2.81. The molecule has 104 valence electrons. The number of hydrogen-bond acceptors (Lipinski definition) is 2. The third-order valence-corrected chi connectivity index (χ3v) is 3.00. The molecular weight excluding hydrogens is 261 g/mol. The van der Waals surface area contributed by atoms with Gasteiger partial charge < -0.3 is 15.3 Å². The summed E-state index contributed by atoms with van der Waals surface area (Å²) in [5.74, 6) is 0. The number of nitrogens with zero attached hydrogens (tertiary/aromatic N) is 1. The summed E-state index contributed by atoms with van der Waals surface area (Å²) in [5.41, 5.74) is -0.699. The SMILES string of the molecule is O=C1NC(c2ccccc2C(F)(F)F)CN1CCO. The summed E-state index contributed by atoms with van der Waals surface area (Å²) in [7, 11) is 0. The Labute approximate surface area is 107 Å². The monoisotopic (exact) mass is 274 g/mol. The highest BCUT2D eigenvalue weighted by Gasteiger charge is 2.38. The minimum absolute atomic E-state index is 0.0452. The molecule has 2 rings (SSSR count). The van der Waals surface area contributed by atoms with Crippen LogP contribution in [0.5, 0.6) is 0 Å². The molecule has 19 heavy (non-hydrogen) atoms. The van der Waals surface area contributed by atoms with Gasteiger partial charge in [-0.3, -0.25) is 0 Å². The molecule has 1 aliphatic heterocycles. The predicted octanol–water partition coefficient (Wildman–Crippen LogP) is 1.76. The zero-order valence-electron chi connectivity index (χ0n) is 9.94. The first-order chi connectivity index (χ1) is 8.93. The Morgan fingerprint density at radius 2 is 2.05 bits per heavy atom. The molecule has 2 amide bonds. The van der Waals surface area contributed by atoms with E-state index in [0.717, 1.165) is 6.07 Å². The first-order valence-corrected chi connectivity index (χ1v) is 5.76. The Hall–Kier alpha value is -1.76. The maximum atomic E-state index is 12.9. The van der Waals surface area contributed by atoms with Crippen LogP contribution in [0, 0.1) is 0 Å². The van der Waals surface area contributed by atoms with Crippen molar-refractivity contribution in [3.05, 3.63) is 35.4 Å². The van der Waals surface area contributed by atoms with Crippen LogP contribution in [0.2, 0.25) is 0 Å². The number of nitrogens with one attached hydrogen (secondary N) is 1. The van der Waals surface area contributed by atoms with E-state index in [9.17, 15) is 18.0 Å². The van der Waals surface area contributed by atoms with E-state index in [4.69, 9.17) is 5.11 Å². The van der Waals surface area contributed by atoms with Gasteiger partial charge in [-0.25, -0.2) is 4.79 Å². The smallest absolute Gasteiger partial charge is 0.395 e. The van der Waals surface area contributed by atoms with Gasteiger partial charge in [-0.2, -0.15) is 13.2 Å². The Morgan fingerprint density at radius 1 is 1.37 bits per heavy atom. The number of urea groups is 1. The van der Waals surface area contributed by atoms with E-state index in [1.54, 1.807) is 0 Å². The lowest BCUT2D eigenvalue weighted by Gasteiger charge is -2.17. The minimum atomic E-state index is -4.45. The lowest BCUT2D eigenvalue weighted by molar-refractivity contribution is -0.138. The second-order valence-corrected chi connectivity index (χ2v) is 4.26. The Kier molecular flexibility index (Phi) is 3.66. The van der Waals surface area contributed by atoms with Gasteiger partial charge in [0.2, 0.25) is 0 Å². The molecule has 4 nitrogen and oxygen atoms in total. The lowest BCUT2D eigenvalue weighted by Crippen LogP contribution is -2.30. The average molecular weight is 274 g/mol. The summed E-state index contributed by atoms with van der Waals surface area (Å²) in [4.78, 5) is 12.8. The molecule has 1 aromatic rings. The summed E-state index contributed by atoms with van der Waals surface area (Å²) in [5, 5.41) is 11.3. The molecule has 1 heterocycles. The lowest BCUT2D eigenvalue weighted by atomic mass is 10.0. The fourth-order valence-corrected chi connectivity index (χ4v) is 2.14. The number of carbonyl (C=O) groups excluding carboxylic acids is 1. The van der Waals surface area contributed by atoms with Crippen molar-refractivity contribution in [2.75, 3.05) is 19.7 Å². The van der Waals surface area contributed by atoms with Gasteiger partial charge in [0, 0.05) is 13.1 Å². The number of aliphatic hydroxyl groups is 1. The standard InChI is InChI=1S/C12H13F3N2O2/c13-12(14,15)9-4-2-1-3-8(9)10-7-17(5-6-18)11(19)16-10/h1-4,10,18H,5-7H2,(H,16,19). The Morgan fingerprint density at radius 3 is 2.68 bits per heavy atom. The van der Waals surface area contributed by atoms with Crippen LogP contribution in [0.1, 0.15) is 17.2 Å². The molecule has 1 saturated heterocycles. The predicted molar refractivity (Wildman–Crippen MR) is 61.4 cm³/mol. The maximum absolute atomic E-state index is 12.9. The number of halogens is 3. The fourth-order valence-electron chi connectivity index (χ4n) is 2.14. The Balaban J connectivity index is 2.27. The van der Waals surface area contributed by atoms with Gasteiger partial charge in [0.25, 0.3) is 0 Å². The molecule has 1 aliphatic rings. The number of benzene rings is 1. The number of aliphatic hydroxyl groups excluding tert-OH is 1. The highest BCUT2D eigenvalue weighted by Crippen LogP contribution is 2.35. The van der Waals surface area contributed by atoms with Gasteiger partial charge >= 0.3 is 12.2 Å². The van der Waals surface area contributed by atoms with Crippen LogP contribution in [0.25, 0.3) is 0 Å². The molecule has 0 aromatic heterocycles. The molecule has 1 unspecified atom stereocenters. The van der Waals surface area contributed by atoms with E-state index in [2.05, 4.69) is 5.32 Å². The number of alkyl halides is 3. The first kappa shape index (κ1) is 13.7. The molecule has 0 spiro atoms. The van der Waals surface area contributed by atoms with Crippen LogP contribution >= 0.6 is 0 Å². The molecule has 0 bridgehead atoms. The van der Waals surface area contributed by atoms with E-state index < -0.39 is 23.8 Å². The second kappa shape index (κ2) is 5.08. The molecule has 2 N–H and O–H groups in total.